The Kier molecular flexibility index (Phi) is 51.7. The number of benzene rings is 8. The van der Waals surface area contributed by atoms with Crippen molar-refractivity contribution in [1.29, 1.82) is 0 Å². The van der Waals surface area contributed by atoms with Gasteiger partial charge in [0.15, 0.2) is 0 Å². The van der Waals surface area contributed by atoms with Crippen molar-refractivity contribution < 1.29 is 76.5 Å². The van der Waals surface area contributed by atoms with Crippen LogP contribution in [-0.4, -0.2) is 116 Å². The molecule has 704 valence electrons. The van der Waals surface area contributed by atoms with E-state index in [1.165, 1.54) is 0 Å². The second-order valence-corrected chi connectivity index (χ2v) is 34.7. The van der Waals surface area contributed by atoms with E-state index in [0.29, 0.717) is 65.9 Å². The maximum absolute atomic E-state index is 13.6. The van der Waals surface area contributed by atoms with Crippen LogP contribution >= 0.6 is 92.8 Å². The van der Waals surface area contributed by atoms with Crippen molar-refractivity contribution in [1.82, 2.24) is 19.6 Å². The number of halogens is 8. The van der Waals surface area contributed by atoms with Crippen LogP contribution in [0.4, 0.5) is 0 Å². The minimum Gasteiger partial charge on any atom is -0.358 e. The summed E-state index contributed by atoms with van der Waals surface area (Å²) in [6.07, 6.45) is 17.6. The Morgan fingerprint density at radius 3 is 0.576 bits per heavy atom. The Labute approximate surface area is 815 Å². The lowest BCUT2D eigenvalue weighted by Crippen LogP contribution is -2.54. The van der Waals surface area contributed by atoms with Gasteiger partial charge in [-0.25, -0.2) is 0 Å². The van der Waals surface area contributed by atoms with E-state index in [4.69, 9.17) is 150 Å². The average molecular weight is 1960 g/mol. The van der Waals surface area contributed by atoms with Crippen LogP contribution in [0.25, 0.3) is 0 Å². The standard InChI is InChI=1S/4C25H29Cl2NO2.4CO2/c4*1-4-8-21(6-3)28-23(17-12-14-19(26)15-13-17)24(18-10-7-11-20(27)16-18)30-22(9-5-2)25(28)29;4*2-1-3/h4*5,7,10-16,21-24H,2,4,6,8-9H2,1,3H3;;;;/t3*21?,22-,23+,24-;21-,22+,23-,24+;;;;/m1000..../s1. The Morgan fingerprint density at radius 2 is 0.439 bits per heavy atom. The smallest absolute Gasteiger partial charge is 0.358 e. The van der Waals surface area contributed by atoms with Gasteiger partial charge in [-0.1, -0.05) is 295 Å². The molecule has 0 saturated carbocycles. The Balaban J connectivity index is 0.000000299. The minimum atomic E-state index is -0.555. The van der Waals surface area contributed by atoms with Crippen LogP contribution < -0.4 is 0 Å². The molecule has 20 nitrogen and oxygen atoms in total. The maximum Gasteiger partial charge on any atom is 0.373 e. The van der Waals surface area contributed by atoms with Crippen LogP contribution in [0, 0.1) is 0 Å². The number of ether oxygens (including phenoxy) is 4. The first-order valence-corrected chi connectivity index (χ1v) is 47.0. The third kappa shape index (κ3) is 32.3. The lowest BCUT2D eigenvalue weighted by Gasteiger charge is -2.48. The summed E-state index contributed by atoms with van der Waals surface area (Å²) in [7, 11) is 0. The van der Waals surface area contributed by atoms with Gasteiger partial charge >= 0.3 is 24.6 Å². The van der Waals surface area contributed by atoms with Gasteiger partial charge in [-0.15, -0.1) is 26.3 Å². The van der Waals surface area contributed by atoms with Gasteiger partial charge in [-0.2, -0.15) is 38.4 Å². The molecule has 4 saturated heterocycles. The highest BCUT2D eigenvalue weighted by Gasteiger charge is 2.51. The van der Waals surface area contributed by atoms with Crippen LogP contribution in [0.2, 0.25) is 40.2 Å². The van der Waals surface area contributed by atoms with Gasteiger partial charge in [-0.3, -0.25) is 19.2 Å². The van der Waals surface area contributed by atoms with E-state index in [1.807, 2.05) is 194 Å². The summed E-state index contributed by atoms with van der Waals surface area (Å²) in [5.74, 6) is 0.0868. The zero-order valence-electron chi connectivity index (χ0n) is 75.5. The summed E-state index contributed by atoms with van der Waals surface area (Å²) in [6, 6.07) is 61.1. The quantitative estimate of drug-likeness (QED) is 0.0355. The lowest BCUT2D eigenvalue weighted by molar-refractivity contribution is -0.193. The van der Waals surface area contributed by atoms with Crippen molar-refractivity contribution in [3.8, 4) is 0 Å². The fourth-order valence-electron chi connectivity index (χ4n) is 17.1. The fraction of sp³-hybridized carbons (Fsp3) is 0.385. The first-order chi connectivity index (χ1) is 63.6. The highest BCUT2D eigenvalue weighted by Crippen LogP contribution is 2.51. The summed E-state index contributed by atoms with van der Waals surface area (Å²) < 4.78 is 25.7. The average Bonchev–Trinajstić information content (AvgIpc) is 0.773. The number of hydrogen-bond donors (Lipinski definition) is 0. The number of hydrogen-bond acceptors (Lipinski definition) is 16. The highest BCUT2D eigenvalue weighted by molar-refractivity contribution is 6.32. The summed E-state index contributed by atoms with van der Waals surface area (Å²) in [4.78, 5) is 128. The molecule has 4 heterocycles. The number of nitrogens with zero attached hydrogens (tertiary/aromatic N) is 4. The van der Waals surface area contributed by atoms with Crippen LogP contribution in [-0.2, 0) is 76.5 Å². The minimum absolute atomic E-state index is 0.0217. The molecule has 4 aliphatic rings. The number of rotatable bonds is 32. The molecule has 8 aromatic rings. The van der Waals surface area contributed by atoms with Crippen LogP contribution in [0.3, 0.4) is 0 Å². The lowest BCUT2D eigenvalue weighted by atomic mass is 9.88. The van der Waals surface area contributed by atoms with Crippen molar-refractivity contribution in [2.24, 2.45) is 0 Å². The van der Waals surface area contributed by atoms with E-state index < -0.39 is 24.4 Å². The monoisotopic (exact) mass is 1960 g/mol. The number of amides is 4. The molecule has 132 heavy (non-hydrogen) atoms. The first-order valence-electron chi connectivity index (χ1n) is 44.0. The van der Waals surface area contributed by atoms with Crippen LogP contribution in [0.1, 0.15) is 251 Å². The first kappa shape index (κ1) is 113. The van der Waals surface area contributed by atoms with Crippen LogP contribution in [0.5, 0.6) is 0 Å². The molecule has 3 unspecified atom stereocenters. The molecule has 4 amide bonds. The topological polar surface area (TPSA) is 255 Å². The largest absolute Gasteiger partial charge is 0.373 e. The third-order valence-electron chi connectivity index (χ3n) is 22.7. The van der Waals surface area contributed by atoms with Gasteiger partial charge in [0.1, 0.15) is 48.8 Å². The van der Waals surface area contributed by atoms with Gasteiger partial charge in [0.25, 0.3) is 23.6 Å². The van der Waals surface area contributed by atoms with Crippen molar-refractivity contribution in [3.63, 3.8) is 0 Å². The van der Waals surface area contributed by atoms with E-state index in [9.17, 15) is 19.2 Å². The molecule has 4 fully saturated rings. The van der Waals surface area contributed by atoms with E-state index in [1.54, 1.807) is 24.3 Å². The van der Waals surface area contributed by atoms with Gasteiger partial charge in [0.2, 0.25) is 0 Å². The Morgan fingerprint density at radius 1 is 0.273 bits per heavy atom. The molecule has 0 spiro atoms. The summed E-state index contributed by atoms with van der Waals surface area (Å²) in [6.45, 7) is 32.5. The second-order valence-electron chi connectivity index (χ2n) is 31.2. The summed E-state index contributed by atoms with van der Waals surface area (Å²) in [5, 5.41) is 5.25. The predicted molar refractivity (Wildman–Crippen MR) is 516 cm³/mol. The fourth-order valence-corrected chi connectivity index (χ4v) is 18.4. The molecule has 0 N–H and O–H groups in total. The molecule has 0 bridgehead atoms. The van der Waals surface area contributed by atoms with E-state index in [-0.39, 0.29) is 121 Å². The SMILES string of the molecule is C=CC[C@@H]1O[C@@H](c2cccc(Cl)c2)[C@@H](c2ccc(Cl)cc2)N(C(CC)CCC)C1=O.C=CC[C@@H]1O[C@@H](c2cccc(Cl)c2)[C@@H](c2ccc(Cl)cc2)N(C(CC)CCC)C1=O.C=CC[C@H]1O[C@H](c2cccc(Cl)c2)[C@H](c2ccc(Cl)cc2)N(C(CC)CCC)C1=O.C=CC[C@H]1O[C@H](c2cccc(Cl)c2)[C@H](c2ccc(Cl)cc2)N([C@@H](CC)CCC)C1=O.O=C=O.O=C=O.O=C=O.O=C=O. The van der Waals surface area contributed by atoms with Gasteiger partial charge in [0, 0.05) is 90.0 Å². The van der Waals surface area contributed by atoms with E-state index >= 15 is 0 Å². The molecule has 0 aromatic heterocycles. The van der Waals surface area contributed by atoms with Crippen molar-refractivity contribution in [3.05, 3.63) is 329 Å². The van der Waals surface area contributed by atoms with E-state index in [0.717, 1.165) is 122 Å². The molecule has 8 aromatic carbocycles. The molecule has 4 aliphatic heterocycles. The van der Waals surface area contributed by atoms with Gasteiger partial charge in [0.05, 0.1) is 24.2 Å². The zero-order valence-corrected chi connectivity index (χ0v) is 81.6. The Bertz CT molecular complexity index is 4460. The van der Waals surface area contributed by atoms with Crippen molar-refractivity contribution in [2.45, 2.75) is 255 Å². The predicted octanol–water partition coefficient (Wildman–Crippen LogP) is 26.3. The van der Waals surface area contributed by atoms with Gasteiger partial charge in [-0.05, 0) is 193 Å². The summed E-state index contributed by atoms with van der Waals surface area (Å²) in [5.41, 5.74) is 7.85. The van der Waals surface area contributed by atoms with Crippen LogP contribution in [0.15, 0.2) is 245 Å². The van der Waals surface area contributed by atoms with E-state index in [2.05, 4.69) is 101 Å². The third-order valence-corrected chi connectivity index (χ3v) is 24.7. The second kappa shape index (κ2) is 60.5. The molecule has 0 radical (unpaired) electrons. The molecular weight excluding hydrogens is 1840 g/mol. The van der Waals surface area contributed by atoms with Crippen molar-refractivity contribution >= 4 is 141 Å². The highest BCUT2D eigenvalue weighted by atomic mass is 35.5. The van der Waals surface area contributed by atoms with Gasteiger partial charge < -0.3 is 38.5 Å². The molecule has 0 aliphatic carbocycles. The number of carbonyl (C=O) groups excluding carboxylic acids is 12. The normalized spacial score (nSPS) is 20.9. The molecule has 28 heteroatoms. The molecular formula is C104H116Cl8N4O16. The molecule has 12 rings (SSSR count). The Hall–Kier alpha value is -9.72. The number of carbonyl (C=O) groups is 4. The number of morpholine rings is 4. The van der Waals surface area contributed by atoms with Crippen molar-refractivity contribution in [2.75, 3.05) is 0 Å². The maximum atomic E-state index is 13.6. The zero-order chi connectivity index (χ0) is 97.5. The summed E-state index contributed by atoms with van der Waals surface area (Å²) >= 11 is 49.9. The molecule has 16 atom stereocenters.